The first-order valence-corrected chi connectivity index (χ1v) is 10.3. The van der Waals surface area contributed by atoms with E-state index in [1.807, 2.05) is 0 Å². The quantitative estimate of drug-likeness (QED) is 0.160. The Morgan fingerprint density at radius 2 is 1.38 bits per heavy atom. The molecule has 8 N–H and O–H groups in total. The van der Waals surface area contributed by atoms with Crippen LogP contribution in [0.1, 0.15) is 18.3 Å². The van der Waals surface area contributed by atoms with E-state index >= 15 is 0 Å². The highest BCUT2D eigenvalue weighted by molar-refractivity contribution is 7.80. The van der Waals surface area contributed by atoms with Crippen molar-refractivity contribution in [2.75, 3.05) is 5.75 Å². The van der Waals surface area contributed by atoms with Crippen molar-refractivity contribution in [2.45, 2.75) is 43.9 Å². The summed E-state index contributed by atoms with van der Waals surface area (Å²) in [5, 5.41) is 16.6. The molecule has 32 heavy (non-hydrogen) atoms. The molecule has 4 unspecified atom stereocenters. The monoisotopic (exact) mass is 466 g/mol. The standard InChI is InChI=1S/C18H26N8O5S/c1-9(19)15(27)24-12(2-10-4-20-7-22-10)16(28)25-13(3-11-5-21-8-23-11)17(29)26-14(6-32)18(30)31/h4-5,7-9,12-14,32H,2-3,6,19H2,1H3,(H,20,22)(H,21,23)(H,24,27)(H,25,28)(H,26,29)(H,30,31). The number of hydrogen-bond donors (Lipinski definition) is 8. The van der Waals surface area contributed by atoms with Crippen molar-refractivity contribution in [1.82, 2.24) is 35.9 Å². The van der Waals surface area contributed by atoms with Crippen molar-refractivity contribution >= 4 is 36.3 Å². The van der Waals surface area contributed by atoms with Gasteiger partial charge in [-0.2, -0.15) is 12.6 Å². The Balaban J connectivity index is 2.20. The third-order valence-corrected chi connectivity index (χ3v) is 4.80. The Kier molecular flexibility index (Phi) is 9.22. The lowest BCUT2D eigenvalue weighted by Gasteiger charge is -2.24. The lowest BCUT2D eigenvalue weighted by atomic mass is 10.1. The molecule has 2 aromatic rings. The number of aromatic amines is 2. The van der Waals surface area contributed by atoms with E-state index in [1.54, 1.807) is 0 Å². The van der Waals surface area contributed by atoms with Gasteiger partial charge >= 0.3 is 5.97 Å². The molecule has 4 atom stereocenters. The Morgan fingerprint density at radius 3 is 1.72 bits per heavy atom. The van der Waals surface area contributed by atoms with Gasteiger partial charge in [0.1, 0.15) is 18.1 Å². The van der Waals surface area contributed by atoms with Gasteiger partial charge in [-0.3, -0.25) is 14.4 Å². The van der Waals surface area contributed by atoms with Crippen molar-refractivity contribution in [3.63, 3.8) is 0 Å². The number of amides is 3. The van der Waals surface area contributed by atoms with Crippen LogP contribution in [0.2, 0.25) is 0 Å². The summed E-state index contributed by atoms with van der Waals surface area (Å²) < 4.78 is 0. The normalized spacial score (nSPS) is 14.6. The third-order valence-electron chi connectivity index (χ3n) is 4.43. The minimum atomic E-state index is -1.26. The predicted octanol–water partition coefficient (Wildman–Crippen LogP) is -2.27. The minimum Gasteiger partial charge on any atom is -0.480 e. The number of nitrogens with zero attached hydrogens (tertiary/aromatic N) is 2. The second-order valence-electron chi connectivity index (χ2n) is 7.05. The zero-order valence-corrected chi connectivity index (χ0v) is 18.1. The van der Waals surface area contributed by atoms with Crippen molar-refractivity contribution in [3.8, 4) is 0 Å². The molecule has 0 spiro atoms. The summed E-state index contributed by atoms with van der Waals surface area (Å²) in [5.41, 5.74) is 6.70. The molecule has 0 aliphatic rings. The average Bonchev–Trinajstić information content (AvgIpc) is 3.44. The van der Waals surface area contributed by atoms with E-state index in [9.17, 15) is 24.3 Å². The van der Waals surface area contributed by atoms with Crippen LogP contribution in [0.3, 0.4) is 0 Å². The van der Waals surface area contributed by atoms with Crippen LogP contribution in [0.5, 0.6) is 0 Å². The van der Waals surface area contributed by atoms with Crippen molar-refractivity contribution in [2.24, 2.45) is 5.73 Å². The number of thiol groups is 1. The summed E-state index contributed by atoms with van der Waals surface area (Å²) in [4.78, 5) is 62.6. The molecule has 0 saturated heterocycles. The molecular formula is C18H26N8O5S. The maximum absolute atomic E-state index is 13.0. The van der Waals surface area contributed by atoms with Crippen LogP contribution in [-0.4, -0.2) is 78.7 Å². The number of aromatic nitrogens is 4. The van der Waals surface area contributed by atoms with Crippen LogP contribution in [0.25, 0.3) is 0 Å². The first-order chi connectivity index (χ1) is 15.2. The van der Waals surface area contributed by atoms with Gasteiger partial charge in [0.05, 0.1) is 18.7 Å². The molecule has 0 bridgehead atoms. The summed E-state index contributed by atoms with van der Waals surface area (Å²) in [7, 11) is 0. The summed E-state index contributed by atoms with van der Waals surface area (Å²) >= 11 is 3.93. The molecule has 0 saturated carbocycles. The molecule has 13 nitrogen and oxygen atoms in total. The Hall–Kier alpha value is -3.39. The van der Waals surface area contributed by atoms with Gasteiger partial charge in [0.15, 0.2) is 0 Å². The number of H-pyrrole nitrogens is 2. The third kappa shape index (κ3) is 7.39. The van der Waals surface area contributed by atoms with Crippen LogP contribution in [0.4, 0.5) is 0 Å². The van der Waals surface area contributed by atoms with Crippen LogP contribution in [-0.2, 0) is 32.0 Å². The number of rotatable bonds is 12. The predicted molar refractivity (Wildman–Crippen MR) is 116 cm³/mol. The summed E-state index contributed by atoms with van der Waals surface area (Å²) in [6, 6.07) is -4.32. The number of aliphatic carboxylic acids is 1. The zero-order chi connectivity index (χ0) is 23.7. The maximum Gasteiger partial charge on any atom is 0.327 e. The van der Waals surface area contributed by atoms with Gasteiger partial charge in [-0.1, -0.05) is 0 Å². The lowest BCUT2D eigenvalue weighted by molar-refractivity contribution is -0.141. The van der Waals surface area contributed by atoms with E-state index < -0.39 is 47.9 Å². The molecule has 0 fully saturated rings. The van der Waals surface area contributed by atoms with E-state index in [4.69, 9.17) is 5.73 Å². The van der Waals surface area contributed by atoms with E-state index in [2.05, 4.69) is 48.5 Å². The van der Waals surface area contributed by atoms with Gasteiger partial charge < -0.3 is 36.8 Å². The molecule has 2 rings (SSSR count). The molecular weight excluding hydrogens is 440 g/mol. The van der Waals surface area contributed by atoms with Crippen LogP contribution in [0, 0.1) is 0 Å². The van der Waals surface area contributed by atoms with Crippen LogP contribution in [0.15, 0.2) is 25.0 Å². The molecule has 2 heterocycles. The molecule has 14 heteroatoms. The molecule has 0 aromatic carbocycles. The summed E-state index contributed by atoms with van der Waals surface area (Å²) in [6.07, 6.45) is 5.88. The van der Waals surface area contributed by atoms with Gasteiger partial charge in [-0.15, -0.1) is 0 Å². The number of carbonyl (C=O) groups excluding carboxylic acids is 3. The highest BCUT2D eigenvalue weighted by atomic mass is 32.1. The number of nitrogens with two attached hydrogens (primary N) is 1. The SMILES string of the molecule is CC(N)C(=O)NC(Cc1cnc[nH]1)C(=O)NC(Cc1cnc[nH]1)C(=O)NC(CS)C(=O)O. The first-order valence-electron chi connectivity index (χ1n) is 9.66. The van der Waals surface area contributed by atoms with E-state index in [0.717, 1.165) is 0 Å². The van der Waals surface area contributed by atoms with Crippen molar-refractivity contribution < 1.29 is 24.3 Å². The fourth-order valence-corrected chi connectivity index (χ4v) is 2.93. The van der Waals surface area contributed by atoms with Gasteiger partial charge in [0.2, 0.25) is 17.7 Å². The van der Waals surface area contributed by atoms with Gasteiger partial charge in [0, 0.05) is 42.4 Å². The second-order valence-corrected chi connectivity index (χ2v) is 7.42. The maximum atomic E-state index is 13.0. The second kappa shape index (κ2) is 11.9. The topological polar surface area (TPSA) is 208 Å². The number of hydrogen-bond acceptors (Lipinski definition) is 8. The zero-order valence-electron chi connectivity index (χ0n) is 17.2. The van der Waals surface area contributed by atoms with E-state index in [-0.39, 0.29) is 18.6 Å². The largest absolute Gasteiger partial charge is 0.480 e. The Morgan fingerprint density at radius 1 is 0.938 bits per heavy atom. The average molecular weight is 467 g/mol. The molecule has 3 amide bonds. The Bertz CT molecular complexity index is 903. The van der Waals surface area contributed by atoms with Gasteiger partial charge in [0.25, 0.3) is 0 Å². The van der Waals surface area contributed by atoms with E-state index in [0.29, 0.717) is 11.4 Å². The molecule has 0 aliphatic heterocycles. The minimum absolute atomic E-state index is 0.00843. The number of carboxylic acid groups (broad SMARTS) is 1. The highest BCUT2D eigenvalue weighted by Crippen LogP contribution is 2.04. The van der Waals surface area contributed by atoms with Gasteiger partial charge in [-0.25, -0.2) is 14.8 Å². The number of imidazole rings is 2. The summed E-state index contributed by atoms with van der Waals surface area (Å²) in [6.45, 7) is 1.47. The number of carbonyl (C=O) groups is 4. The molecule has 174 valence electrons. The van der Waals surface area contributed by atoms with Crippen LogP contribution < -0.4 is 21.7 Å². The van der Waals surface area contributed by atoms with E-state index in [1.165, 1.54) is 32.0 Å². The summed E-state index contributed by atoms with van der Waals surface area (Å²) in [5.74, 6) is -3.35. The van der Waals surface area contributed by atoms with Crippen molar-refractivity contribution in [3.05, 3.63) is 36.4 Å². The Labute approximate surface area is 188 Å². The fraction of sp³-hybridized carbons (Fsp3) is 0.444. The number of carboxylic acids is 1. The van der Waals surface area contributed by atoms with Crippen LogP contribution >= 0.6 is 12.6 Å². The fourth-order valence-electron chi connectivity index (χ4n) is 2.68. The highest BCUT2D eigenvalue weighted by Gasteiger charge is 2.30. The molecule has 0 aliphatic carbocycles. The van der Waals surface area contributed by atoms with Crippen molar-refractivity contribution in [1.29, 1.82) is 0 Å². The first kappa shape index (κ1) is 24.9. The molecule has 0 radical (unpaired) electrons. The molecule has 2 aromatic heterocycles. The number of nitrogens with one attached hydrogen (secondary N) is 5. The van der Waals surface area contributed by atoms with Gasteiger partial charge in [-0.05, 0) is 6.92 Å². The lowest BCUT2D eigenvalue weighted by Crippen LogP contribution is -2.58. The smallest absolute Gasteiger partial charge is 0.327 e.